The second-order valence-electron chi connectivity index (χ2n) is 4.50. The van der Waals surface area contributed by atoms with Crippen LogP contribution < -0.4 is 11.5 Å². The number of hydrogen-bond acceptors (Lipinski definition) is 3. The van der Waals surface area contributed by atoms with Crippen molar-refractivity contribution >= 4 is 5.82 Å². The first kappa shape index (κ1) is 12.6. The highest BCUT2D eigenvalue weighted by molar-refractivity contribution is 5.31. The van der Waals surface area contributed by atoms with Crippen LogP contribution in [0.3, 0.4) is 0 Å². The minimum absolute atomic E-state index is 0.116. The fraction of sp³-hybridized carbons (Fsp3) is 0.267. The summed E-state index contributed by atoms with van der Waals surface area (Å²) in [6.07, 6.45) is 4.78. The fourth-order valence-corrected chi connectivity index (χ4v) is 2.04. The highest BCUT2D eigenvalue weighted by atomic mass is 14.8. The highest BCUT2D eigenvalue weighted by Gasteiger charge is 2.05. The van der Waals surface area contributed by atoms with Crippen molar-refractivity contribution in [3.05, 3.63) is 59.8 Å². The standard InChI is InChI=1S/C15H19N3/c16-14(13-6-2-1-3-7-13)8-4-5-12-9-10-18-15(17)11-12/h1-3,6-7,9-11,14H,4-5,8,16H2,(H2,17,18). The van der Waals surface area contributed by atoms with Crippen molar-refractivity contribution in [2.45, 2.75) is 25.3 Å². The second kappa shape index (κ2) is 6.17. The maximum absolute atomic E-state index is 6.15. The summed E-state index contributed by atoms with van der Waals surface area (Å²) in [4.78, 5) is 3.98. The number of rotatable bonds is 5. The van der Waals surface area contributed by atoms with E-state index < -0.39 is 0 Å². The number of nitrogen functional groups attached to an aromatic ring is 1. The average Bonchev–Trinajstić information content (AvgIpc) is 2.40. The molecule has 2 rings (SSSR count). The molecule has 0 spiro atoms. The maximum atomic E-state index is 6.15. The Morgan fingerprint density at radius 2 is 1.89 bits per heavy atom. The van der Waals surface area contributed by atoms with Crippen molar-refractivity contribution in [3.63, 3.8) is 0 Å². The molecular weight excluding hydrogens is 222 g/mol. The van der Waals surface area contributed by atoms with E-state index in [4.69, 9.17) is 11.5 Å². The normalized spacial score (nSPS) is 12.3. The van der Waals surface area contributed by atoms with Gasteiger partial charge in [-0.05, 0) is 42.5 Å². The number of hydrogen-bond donors (Lipinski definition) is 2. The van der Waals surface area contributed by atoms with E-state index in [0.29, 0.717) is 5.82 Å². The topological polar surface area (TPSA) is 64.9 Å². The van der Waals surface area contributed by atoms with Crippen molar-refractivity contribution in [2.24, 2.45) is 5.73 Å². The largest absolute Gasteiger partial charge is 0.384 e. The van der Waals surface area contributed by atoms with Crippen LogP contribution in [0.1, 0.15) is 30.0 Å². The molecule has 18 heavy (non-hydrogen) atoms. The Kier molecular flexibility index (Phi) is 4.31. The van der Waals surface area contributed by atoms with Crippen LogP contribution in [-0.4, -0.2) is 4.98 Å². The number of benzene rings is 1. The molecule has 1 unspecified atom stereocenters. The number of aryl methyl sites for hydroxylation is 1. The van der Waals surface area contributed by atoms with E-state index >= 15 is 0 Å². The first-order valence-corrected chi connectivity index (χ1v) is 6.26. The third kappa shape index (κ3) is 3.57. The van der Waals surface area contributed by atoms with Gasteiger partial charge in [-0.1, -0.05) is 30.3 Å². The predicted octanol–water partition coefficient (Wildman–Crippen LogP) is 2.69. The lowest BCUT2D eigenvalue weighted by Crippen LogP contribution is -2.10. The molecule has 1 aromatic carbocycles. The zero-order valence-corrected chi connectivity index (χ0v) is 10.4. The molecule has 3 heteroatoms. The fourth-order valence-electron chi connectivity index (χ4n) is 2.04. The number of aromatic nitrogens is 1. The van der Waals surface area contributed by atoms with Gasteiger partial charge in [0.25, 0.3) is 0 Å². The Morgan fingerprint density at radius 3 is 2.61 bits per heavy atom. The van der Waals surface area contributed by atoms with Gasteiger partial charge in [-0.15, -0.1) is 0 Å². The van der Waals surface area contributed by atoms with Crippen LogP contribution in [0.15, 0.2) is 48.7 Å². The first-order valence-electron chi connectivity index (χ1n) is 6.26. The van der Waals surface area contributed by atoms with Crippen LogP contribution in [0.5, 0.6) is 0 Å². The second-order valence-corrected chi connectivity index (χ2v) is 4.50. The van der Waals surface area contributed by atoms with E-state index in [0.717, 1.165) is 19.3 Å². The Bertz CT molecular complexity index is 482. The summed E-state index contributed by atoms with van der Waals surface area (Å²) in [6, 6.07) is 14.3. The van der Waals surface area contributed by atoms with Gasteiger partial charge in [0, 0.05) is 12.2 Å². The average molecular weight is 241 g/mol. The van der Waals surface area contributed by atoms with Gasteiger partial charge in [0.05, 0.1) is 0 Å². The maximum Gasteiger partial charge on any atom is 0.123 e. The van der Waals surface area contributed by atoms with E-state index in [1.165, 1.54) is 11.1 Å². The molecule has 0 amide bonds. The van der Waals surface area contributed by atoms with Crippen molar-refractivity contribution in [3.8, 4) is 0 Å². The van der Waals surface area contributed by atoms with Gasteiger partial charge in [0.15, 0.2) is 0 Å². The zero-order valence-electron chi connectivity index (χ0n) is 10.4. The molecule has 0 saturated carbocycles. The van der Waals surface area contributed by atoms with Crippen LogP contribution in [0.2, 0.25) is 0 Å². The molecule has 1 aromatic heterocycles. The van der Waals surface area contributed by atoms with Crippen molar-refractivity contribution in [1.82, 2.24) is 4.98 Å². The molecule has 2 aromatic rings. The number of nitrogens with two attached hydrogens (primary N) is 2. The lowest BCUT2D eigenvalue weighted by molar-refractivity contribution is 0.611. The van der Waals surface area contributed by atoms with E-state index in [1.807, 2.05) is 30.3 Å². The quantitative estimate of drug-likeness (QED) is 0.845. The van der Waals surface area contributed by atoms with Gasteiger partial charge in [0.1, 0.15) is 5.82 Å². The van der Waals surface area contributed by atoms with Crippen LogP contribution in [0, 0.1) is 0 Å². The van der Waals surface area contributed by atoms with Crippen LogP contribution in [0.4, 0.5) is 5.82 Å². The van der Waals surface area contributed by atoms with Crippen molar-refractivity contribution in [2.75, 3.05) is 5.73 Å². The van der Waals surface area contributed by atoms with Gasteiger partial charge in [-0.25, -0.2) is 4.98 Å². The third-order valence-electron chi connectivity index (χ3n) is 3.05. The molecule has 0 saturated heterocycles. The van der Waals surface area contributed by atoms with Crippen molar-refractivity contribution in [1.29, 1.82) is 0 Å². The summed E-state index contributed by atoms with van der Waals surface area (Å²) in [5.74, 6) is 0.583. The van der Waals surface area contributed by atoms with E-state index in [-0.39, 0.29) is 6.04 Å². The first-order chi connectivity index (χ1) is 8.75. The van der Waals surface area contributed by atoms with Crippen LogP contribution >= 0.6 is 0 Å². The van der Waals surface area contributed by atoms with Crippen LogP contribution in [0.25, 0.3) is 0 Å². The summed E-state index contributed by atoms with van der Waals surface area (Å²) in [5, 5.41) is 0. The molecule has 0 bridgehead atoms. The Morgan fingerprint density at radius 1 is 1.11 bits per heavy atom. The number of nitrogens with zero attached hydrogens (tertiary/aromatic N) is 1. The minimum Gasteiger partial charge on any atom is -0.384 e. The molecule has 4 N–H and O–H groups in total. The predicted molar refractivity (Wildman–Crippen MR) is 75.0 cm³/mol. The Hall–Kier alpha value is -1.87. The molecule has 0 radical (unpaired) electrons. The lowest BCUT2D eigenvalue weighted by atomic mass is 10.0. The summed E-state index contributed by atoms with van der Waals surface area (Å²) < 4.78 is 0. The molecule has 94 valence electrons. The molecule has 0 aliphatic heterocycles. The SMILES string of the molecule is Nc1cc(CCCC(N)c2ccccc2)ccn1. The van der Waals surface area contributed by atoms with Gasteiger partial charge in [0.2, 0.25) is 0 Å². The molecule has 0 aliphatic carbocycles. The van der Waals surface area contributed by atoms with Gasteiger partial charge >= 0.3 is 0 Å². The zero-order chi connectivity index (χ0) is 12.8. The number of pyridine rings is 1. The van der Waals surface area contributed by atoms with E-state index in [9.17, 15) is 0 Å². The smallest absolute Gasteiger partial charge is 0.123 e. The Labute approximate surface area is 108 Å². The van der Waals surface area contributed by atoms with Crippen LogP contribution in [-0.2, 0) is 6.42 Å². The van der Waals surface area contributed by atoms with E-state index in [2.05, 4.69) is 17.1 Å². The summed E-state index contributed by atoms with van der Waals surface area (Å²) in [6.45, 7) is 0. The lowest BCUT2D eigenvalue weighted by Gasteiger charge is -2.11. The highest BCUT2D eigenvalue weighted by Crippen LogP contribution is 2.17. The molecular formula is C15H19N3. The van der Waals surface area contributed by atoms with Gasteiger partial charge in [-0.2, -0.15) is 0 Å². The monoisotopic (exact) mass is 241 g/mol. The summed E-state index contributed by atoms with van der Waals surface area (Å²) in [7, 11) is 0. The Balaban J connectivity index is 1.82. The van der Waals surface area contributed by atoms with Crippen molar-refractivity contribution < 1.29 is 0 Å². The molecule has 0 aliphatic rings. The molecule has 1 heterocycles. The van der Waals surface area contributed by atoms with Gasteiger partial charge in [-0.3, -0.25) is 0 Å². The summed E-state index contributed by atoms with van der Waals surface area (Å²) >= 11 is 0. The number of anilines is 1. The summed E-state index contributed by atoms with van der Waals surface area (Å²) in [5.41, 5.74) is 14.2. The minimum atomic E-state index is 0.116. The molecule has 3 nitrogen and oxygen atoms in total. The molecule has 1 atom stereocenters. The third-order valence-corrected chi connectivity index (χ3v) is 3.05. The van der Waals surface area contributed by atoms with Gasteiger partial charge < -0.3 is 11.5 Å². The molecule has 0 fully saturated rings. The van der Waals surface area contributed by atoms with E-state index in [1.54, 1.807) is 6.20 Å².